The molecule has 7 heteroatoms. The van der Waals surface area contributed by atoms with Gasteiger partial charge in [0.25, 0.3) is 5.56 Å². The first-order valence-electron chi connectivity index (χ1n) is 2.81. The summed E-state index contributed by atoms with van der Waals surface area (Å²) in [6.45, 7) is 0. The highest BCUT2D eigenvalue weighted by molar-refractivity contribution is 7.80. The van der Waals surface area contributed by atoms with Crippen molar-refractivity contribution in [3.8, 4) is 0 Å². The van der Waals surface area contributed by atoms with Crippen LogP contribution in [0, 0.1) is 0 Å². The number of carboxylic acids is 1. The van der Waals surface area contributed by atoms with Gasteiger partial charge in [0.15, 0.2) is 0 Å². The Bertz CT molecular complexity index is 432. The first kappa shape index (κ1) is 8.60. The molecule has 0 unspecified atom stereocenters. The van der Waals surface area contributed by atoms with E-state index in [4.69, 9.17) is 5.11 Å². The molecule has 0 spiro atoms. The zero-order valence-corrected chi connectivity index (χ0v) is 6.51. The van der Waals surface area contributed by atoms with Crippen LogP contribution in [0.3, 0.4) is 0 Å². The fourth-order valence-corrected chi connectivity index (χ4v) is 0.842. The number of thiol groups is 1. The topological polar surface area (TPSA) is 103 Å². The third-order valence-electron chi connectivity index (χ3n) is 1.13. The van der Waals surface area contributed by atoms with Crippen LogP contribution in [0.1, 0.15) is 10.5 Å². The molecule has 0 fully saturated rings. The predicted molar refractivity (Wildman–Crippen MR) is 41.9 cm³/mol. The first-order chi connectivity index (χ1) is 5.52. The van der Waals surface area contributed by atoms with Crippen LogP contribution in [0.25, 0.3) is 0 Å². The summed E-state index contributed by atoms with van der Waals surface area (Å²) in [5.74, 6) is -1.40. The maximum Gasteiger partial charge on any atom is 0.353 e. The van der Waals surface area contributed by atoms with Gasteiger partial charge in [-0.1, -0.05) is 0 Å². The highest BCUT2D eigenvalue weighted by Crippen LogP contribution is 2.00. The molecule has 0 aliphatic carbocycles. The highest BCUT2D eigenvalue weighted by atomic mass is 32.1. The summed E-state index contributed by atoms with van der Waals surface area (Å²) >= 11 is 3.60. The minimum absolute atomic E-state index is 0.317. The molecule has 0 saturated carbocycles. The van der Waals surface area contributed by atoms with Crippen LogP contribution in [0.2, 0.25) is 0 Å². The molecule has 0 aromatic carbocycles. The Hall–Kier alpha value is -1.50. The second kappa shape index (κ2) is 2.86. The van der Waals surface area contributed by atoms with Gasteiger partial charge in [-0.05, 0) is 0 Å². The predicted octanol–water partition coefficient (Wildman–Crippen LogP) is -0.950. The first-order valence-corrected chi connectivity index (χ1v) is 3.26. The molecule has 64 valence electrons. The molecule has 12 heavy (non-hydrogen) atoms. The van der Waals surface area contributed by atoms with Gasteiger partial charge < -0.3 is 10.1 Å². The number of hydrogen-bond donors (Lipinski definition) is 4. The third kappa shape index (κ3) is 1.40. The fourth-order valence-electron chi connectivity index (χ4n) is 0.635. The number of hydrogen-bond acceptors (Lipinski definition) is 4. The Kier molecular flexibility index (Phi) is 2.05. The van der Waals surface area contributed by atoms with Crippen molar-refractivity contribution in [1.82, 2.24) is 9.97 Å². The summed E-state index contributed by atoms with van der Waals surface area (Å²) in [5, 5.41) is 8.44. The highest BCUT2D eigenvalue weighted by Gasteiger charge is 2.11. The molecular formula is C5H4N2O4S. The largest absolute Gasteiger partial charge is 0.477 e. The van der Waals surface area contributed by atoms with E-state index >= 15 is 0 Å². The monoisotopic (exact) mass is 188 g/mol. The number of rotatable bonds is 1. The second-order valence-corrected chi connectivity index (χ2v) is 2.38. The van der Waals surface area contributed by atoms with Gasteiger partial charge >= 0.3 is 11.7 Å². The lowest BCUT2D eigenvalue weighted by atomic mass is 10.4. The molecule has 1 heterocycles. The molecule has 6 nitrogen and oxygen atoms in total. The molecule has 0 aliphatic heterocycles. The Balaban J connectivity index is 3.59. The molecule has 0 radical (unpaired) electrons. The standard InChI is InChI=1S/C5H4N2O4S/c8-3-2(12)1(4(9)10)6-5(11)7-3/h12H,(H,9,10)(H2,6,7,8,11). The fraction of sp³-hybridized carbons (Fsp3) is 0. The van der Waals surface area contributed by atoms with Crippen molar-refractivity contribution in [3.05, 3.63) is 26.5 Å². The molecule has 0 amide bonds. The average Bonchev–Trinajstić information content (AvgIpc) is 1.96. The Morgan fingerprint density at radius 2 is 1.92 bits per heavy atom. The van der Waals surface area contributed by atoms with Crippen molar-refractivity contribution in [2.75, 3.05) is 0 Å². The Morgan fingerprint density at radius 3 is 2.42 bits per heavy atom. The molecule has 1 aromatic rings. The van der Waals surface area contributed by atoms with E-state index in [1.54, 1.807) is 0 Å². The Morgan fingerprint density at radius 1 is 1.33 bits per heavy atom. The number of aromatic carboxylic acids is 1. The number of H-pyrrole nitrogens is 2. The molecule has 0 aliphatic rings. The van der Waals surface area contributed by atoms with Crippen LogP contribution >= 0.6 is 12.6 Å². The molecule has 0 bridgehead atoms. The number of aromatic amines is 2. The van der Waals surface area contributed by atoms with E-state index in [1.807, 2.05) is 9.97 Å². The van der Waals surface area contributed by atoms with Gasteiger partial charge in [0.2, 0.25) is 0 Å². The number of carboxylic acid groups (broad SMARTS) is 1. The van der Waals surface area contributed by atoms with Crippen LogP contribution in [0.15, 0.2) is 14.5 Å². The van der Waals surface area contributed by atoms with E-state index < -0.39 is 22.9 Å². The summed E-state index contributed by atoms with van der Waals surface area (Å²) in [5.41, 5.74) is -2.19. The normalized spacial score (nSPS) is 9.75. The summed E-state index contributed by atoms with van der Waals surface area (Å²) in [6.07, 6.45) is 0. The van der Waals surface area contributed by atoms with Crippen LogP contribution in [-0.2, 0) is 0 Å². The second-order valence-electron chi connectivity index (χ2n) is 1.94. The molecular weight excluding hydrogens is 184 g/mol. The average molecular weight is 188 g/mol. The zero-order chi connectivity index (χ0) is 9.30. The van der Waals surface area contributed by atoms with Crippen molar-refractivity contribution in [2.24, 2.45) is 0 Å². The Labute approximate surface area is 70.7 Å². The zero-order valence-electron chi connectivity index (χ0n) is 5.62. The third-order valence-corrected chi connectivity index (χ3v) is 1.56. The number of carbonyl (C=O) groups is 1. The lowest BCUT2D eigenvalue weighted by molar-refractivity contribution is 0.0685. The molecule has 3 N–H and O–H groups in total. The number of aromatic nitrogens is 2. The molecule has 1 rings (SSSR count). The summed E-state index contributed by atoms with van der Waals surface area (Å²) in [4.78, 5) is 35.1. The summed E-state index contributed by atoms with van der Waals surface area (Å²) in [6, 6.07) is 0. The van der Waals surface area contributed by atoms with Gasteiger partial charge in [0.1, 0.15) is 10.6 Å². The van der Waals surface area contributed by atoms with E-state index in [0.29, 0.717) is 0 Å². The van der Waals surface area contributed by atoms with E-state index in [-0.39, 0.29) is 4.90 Å². The van der Waals surface area contributed by atoms with E-state index in [2.05, 4.69) is 12.6 Å². The van der Waals surface area contributed by atoms with E-state index in [9.17, 15) is 14.4 Å². The van der Waals surface area contributed by atoms with Gasteiger partial charge in [-0.3, -0.25) is 9.78 Å². The van der Waals surface area contributed by atoms with E-state index in [0.717, 1.165) is 0 Å². The maximum atomic E-state index is 10.7. The van der Waals surface area contributed by atoms with Crippen molar-refractivity contribution in [3.63, 3.8) is 0 Å². The van der Waals surface area contributed by atoms with Crippen LogP contribution in [0.5, 0.6) is 0 Å². The molecule has 1 aromatic heterocycles. The van der Waals surface area contributed by atoms with Crippen molar-refractivity contribution < 1.29 is 9.90 Å². The maximum absolute atomic E-state index is 10.7. The minimum Gasteiger partial charge on any atom is -0.477 e. The van der Waals surface area contributed by atoms with E-state index in [1.165, 1.54) is 0 Å². The van der Waals surface area contributed by atoms with Crippen molar-refractivity contribution in [2.45, 2.75) is 4.90 Å². The van der Waals surface area contributed by atoms with Gasteiger partial charge in [0.05, 0.1) is 0 Å². The number of nitrogens with one attached hydrogen (secondary N) is 2. The molecule has 0 saturated heterocycles. The summed E-state index contributed by atoms with van der Waals surface area (Å²) in [7, 11) is 0. The molecule has 0 atom stereocenters. The minimum atomic E-state index is -1.40. The van der Waals surface area contributed by atoms with Crippen molar-refractivity contribution >= 4 is 18.6 Å². The SMILES string of the molecule is O=C(O)c1[nH]c(=O)[nH]c(=O)c1S. The van der Waals surface area contributed by atoms with Crippen LogP contribution in [-0.4, -0.2) is 21.0 Å². The lowest BCUT2D eigenvalue weighted by Gasteiger charge is -1.95. The quantitative estimate of drug-likeness (QED) is 0.426. The van der Waals surface area contributed by atoms with Crippen molar-refractivity contribution in [1.29, 1.82) is 0 Å². The summed E-state index contributed by atoms with van der Waals surface area (Å²) < 4.78 is 0. The van der Waals surface area contributed by atoms with Crippen LogP contribution in [0.4, 0.5) is 0 Å². The van der Waals surface area contributed by atoms with Gasteiger partial charge in [-0.15, -0.1) is 12.6 Å². The lowest BCUT2D eigenvalue weighted by Crippen LogP contribution is -2.27. The van der Waals surface area contributed by atoms with Gasteiger partial charge in [0, 0.05) is 0 Å². The van der Waals surface area contributed by atoms with Crippen LogP contribution < -0.4 is 11.2 Å². The smallest absolute Gasteiger partial charge is 0.353 e. The van der Waals surface area contributed by atoms with Gasteiger partial charge in [-0.25, -0.2) is 9.59 Å². The van der Waals surface area contributed by atoms with Gasteiger partial charge in [-0.2, -0.15) is 0 Å².